The SMILES string of the molecule is CN(C1CCc2ccccc21)S(=O)(=O)c1cnc(Cl)s1. The van der Waals surface area contributed by atoms with Gasteiger partial charge in [-0.15, -0.1) is 0 Å². The fourth-order valence-corrected chi connectivity index (χ4v) is 5.43. The number of halogens is 1. The first kappa shape index (κ1) is 14.0. The van der Waals surface area contributed by atoms with Crippen molar-refractivity contribution >= 4 is 33.0 Å². The Labute approximate surface area is 127 Å². The highest BCUT2D eigenvalue weighted by molar-refractivity contribution is 7.91. The second-order valence-corrected chi connectivity index (χ2v) is 8.54. The smallest absolute Gasteiger partial charge is 0.232 e. The molecule has 0 bridgehead atoms. The Hall–Kier alpha value is -0.950. The van der Waals surface area contributed by atoms with E-state index in [0.29, 0.717) is 0 Å². The summed E-state index contributed by atoms with van der Waals surface area (Å²) >= 11 is 6.72. The van der Waals surface area contributed by atoms with Crippen LogP contribution in [0.3, 0.4) is 0 Å². The van der Waals surface area contributed by atoms with Gasteiger partial charge in [0.15, 0.2) is 8.68 Å². The van der Waals surface area contributed by atoms with Crippen LogP contribution in [0.25, 0.3) is 0 Å². The van der Waals surface area contributed by atoms with Crippen LogP contribution in [0.2, 0.25) is 4.47 Å². The topological polar surface area (TPSA) is 50.3 Å². The number of hydrogen-bond donors (Lipinski definition) is 0. The molecule has 1 aliphatic carbocycles. The van der Waals surface area contributed by atoms with Crippen molar-refractivity contribution in [1.82, 2.24) is 9.29 Å². The van der Waals surface area contributed by atoms with Crippen molar-refractivity contribution in [3.8, 4) is 0 Å². The standard InChI is InChI=1S/C13H13ClN2O2S2/c1-16(20(17,18)12-8-15-13(14)19-12)11-7-6-9-4-2-3-5-10(9)11/h2-5,8,11H,6-7H2,1H3. The van der Waals surface area contributed by atoms with Crippen molar-refractivity contribution in [3.63, 3.8) is 0 Å². The Morgan fingerprint density at radius 1 is 1.40 bits per heavy atom. The van der Waals surface area contributed by atoms with E-state index in [-0.39, 0.29) is 14.7 Å². The molecular formula is C13H13ClN2O2S2. The minimum atomic E-state index is -3.54. The van der Waals surface area contributed by atoms with E-state index in [4.69, 9.17) is 11.6 Å². The van der Waals surface area contributed by atoms with E-state index in [1.165, 1.54) is 16.1 Å². The van der Waals surface area contributed by atoms with Crippen LogP contribution in [0.1, 0.15) is 23.6 Å². The van der Waals surface area contributed by atoms with Crippen molar-refractivity contribution in [1.29, 1.82) is 0 Å². The first-order valence-corrected chi connectivity index (χ1v) is 8.81. The summed E-state index contributed by atoms with van der Waals surface area (Å²) in [5, 5.41) is 0. The van der Waals surface area contributed by atoms with Crippen LogP contribution in [0.15, 0.2) is 34.7 Å². The molecule has 0 N–H and O–H groups in total. The third-order valence-electron chi connectivity index (χ3n) is 3.63. The van der Waals surface area contributed by atoms with E-state index in [1.54, 1.807) is 7.05 Å². The predicted octanol–water partition coefficient (Wildman–Crippen LogP) is 3.10. The molecule has 0 fully saturated rings. The molecule has 4 nitrogen and oxygen atoms in total. The monoisotopic (exact) mass is 328 g/mol. The molecule has 0 saturated carbocycles. The zero-order valence-corrected chi connectivity index (χ0v) is 13.2. The van der Waals surface area contributed by atoms with Gasteiger partial charge < -0.3 is 0 Å². The minimum absolute atomic E-state index is 0.114. The number of nitrogens with zero attached hydrogens (tertiary/aromatic N) is 2. The molecule has 7 heteroatoms. The van der Waals surface area contributed by atoms with Crippen molar-refractivity contribution in [2.75, 3.05) is 7.05 Å². The predicted molar refractivity (Wildman–Crippen MR) is 79.6 cm³/mol. The molecule has 2 aromatic rings. The summed E-state index contributed by atoms with van der Waals surface area (Å²) in [7, 11) is -1.92. The number of thiazole rings is 1. The summed E-state index contributed by atoms with van der Waals surface area (Å²) in [4.78, 5) is 3.81. The number of rotatable bonds is 3. The molecule has 1 unspecified atom stereocenters. The largest absolute Gasteiger partial charge is 0.254 e. The number of aromatic nitrogens is 1. The van der Waals surface area contributed by atoms with Gasteiger partial charge in [0, 0.05) is 7.05 Å². The van der Waals surface area contributed by atoms with Gasteiger partial charge in [-0.2, -0.15) is 4.31 Å². The Morgan fingerprint density at radius 3 is 2.85 bits per heavy atom. The molecule has 0 saturated heterocycles. The minimum Gasteiger partial charge on any atom is -0.232 e. The number of benzene rings is 1. The second-order valence-electron chi connectivity index (χ2n) is 4.71. The molecule has 1 atom stereocenters. The normalized spacial score (nSPS) is 18.4. The molecule has 0 radical (unpaired) electrons. The van der Waals surface area contributed by atoms with Crippen LogP contribution in [0, 0.1) is 0 Å². The van der Waals surface area contributed by atoms with Crippen LogP contribution in [0.5, 0.6) is 0 Å². The quantitative estimate of drug-likeness (QED) is 0.870. The Bertz CT molecular complexity index is 742. The fourth-order valence-electron chi connectivity index (χ4n) is 2.58. The summed E-state index contributed by atoms with van der Waals surface area (Å²) < 4.78 is 27.0. The Morgan fingerprint density at radius 2 is 2.15 bits per heavy atom. The van der Waals surface area contributed by atoms with Gasteiger partial charge in [-0.3, -0.25) is 0 Å². The number of fused-ring (bicyclic) bond motifs is 1. The van der Waals surface area contributed by atoms with Gasteiger partial charge in [-0.1, -0.05) is 47.2 Å². The molecule has 20 heavy (non-hydrogen) atoms. The lowest BCUT2D eigenvalue weighted by atomic mass is 10.1. The summed E-state index contributed by atoms with van der Waals surface area (Å²) in [6, 6.07) is 7.87. The third kappa shape index (κ3) is 2.26. The van der Waals surface area contributed by atoms with Crippen molar-refractivity contribution < 1.29 is 8.42 Å². The van der Waals surface area contributed by atoms with Crippen LogP contribution < -0.4 is 0 Å². The summed E-state index contributed by atoms with van der Waals surface area (Å²) in [5.41, 5.74) is 2.32. The first-order chi connectivity index (χ1) is 9.50. The Balaban J connectivity index is 1.96. The number of hydrogen-bond acceptors (Lipinski definition) is 4. The van der Waals surface area contributed by atoms with Crippen LogP contribution in [-0.4, -0.2) is 24.8 Å². The van der Waals surface area contributed by atoms with Gasteiger partial charge in [0.2, 0.25) is 0 Å². The average Bonchev–Trinajstić information content (AvgIpc) is 3.04. The Kier molecular flexibility index (Phi) is 3.58. The van der Waals surface area contributed by atoms with Crippen molar-refractivity contribution in [2.24, 2.45) is 0 Å². The molecule has 0 amide bonds. The van der Waals surface area contributed by atoms with Gasteiger partial charge in [0.25, 0.3) is 10.0 Å². The van der Waals surface area contributed by atoms with Gasteiger partial charge in [0.1, 0.15) is 0 Å². The van der Waals surface area contributed by atoms with Gasteiger partial charge in [-0.25, -0.2) is 13.4 Å². The molecular weight excluding hydrogens is 316 g/mol. The molecule has 3 rings (SSSR count). The third-order valence-corrected chi connectivity index (χ3v) is 7.05. The average molecular weight is 329 g/mol. The summed E-state index contributed by atoms with van der Waals surface area (Å²) in [6.45, 7) is 0. The van der Waals surface area contributed by atoms with E-state index in [0.717, 1.165) is 29.7 Å². The highest BCUT2D eigenvalue weighted by atomic mass is 35.5. The summed E-state index contributed by atoms with van der Waals surface area (Å²) in [6.07, 6.45) is 3.03. The lowest BCUT2D eigenvalue weighted by Crippen LogP contribution is -2.29. The first-order valence-electron chi connectivity index (χ1n) is 6.17. The maximum absolute atomic E-state index is 12.6. The molecule has 1 heterocycles. The van der Waals surface area contributed by atoms with Crippen molar-refractivity contribution in [3.05, 3.63) is 46.1 Å². The van der Waals surface area contributed by atoms with Crippen LogP contribution in [-0.2, 0) is 16.4 Å². The number of aryl methyl sites for hydroxylation is 1. The molecule has 0 aliphatic heterocycles. The van der Waals surface area contributed by atoms with E-state index >= 15 is 0 Å². The lowest BCUT2D eigenvalue weighted by Gasteiger charge is -2.23. The number of sulfonamides is 1. The van der Waals surface area contributed by atoms with Crippen molar-refractivity contribution in [2.45, 2.75) is 23.1 Å². The van der Waals surface area contributed by atoms with Gasteiger partial charge >= 0.3 is 0 Å². The maximum Gasteiger partial charge on any atom is 0.254 e. The fraction of sp³-hybridized carbons (Fsp3) is 0.308. The molecule has 1 aromatic carbocycles. The van der Waals surface area contributed by atoms with Crippen LogP contribution >= 0.6 is 22.9 Å². The highest BCUT2D eigenvalue weighted by Gasteiger charge is 2.34. The van der Waals surface area contributed by atoms with Crippen LogP contribution in [0.4, 0.5) is 0 Å². The zero-order chi connectivity index (χ0) is 14.3. The van der Waals surface area contributed by atoms with E-state index in [2.05, 4.69) is 11.1 Å². The maximum atomic E-state index is 12.6. The lowest BCUT2D eigenvalue weighted by molar-refractivity contribution is 0.375. The summed E-state index contributed by atoms with van der Waals surface area (Å²) in [5.74, 6) is 0. The molecule has 1 aromatic heterocycles. The van der Waals surface area contributed by atoms with Gasteiger partial charge in [-0.05, 0) is 24.0 Å². The molecule has 0 spiro atoms. The van der Waals surface area contributed by atoms with Gasteiger partial charge in [0.05, 0.1) is 12.2 Å². The molecule has 106 valence electrons. The zero-order valence-electron chi connectivity index (χ0n) is 10.8. The highest BCUT2D eigenvalue weighted by Crippen LogP contribution is 2.38. The second kappa shape index (κ2) is 5.11. The van der Waals surface area contributed by atoms with E-state index in [1.807, 2.05) is 18.2 Å². The molecule has 1 aliphatic rings. The van der Waals surface area contributed by atoms with E-state index in [9.17, 15) is 8.42 Å². The van der Waals surface area contributed by atoms with E-state index < -0.39 is 10.0 Å².